The number of likely N-dealkylation sites (tertiary alicyclic amines) is 1. The van der Waals surface area contributed by atoms with Crippen LogP contribution in [0, 0.1) is 5.92 Å². The third-order valence-electron chi connectivity index (χ3n) is 4.38. The van der Waals surface area contributed by atoms with Crippen LogP contribution in [0.5, 0.6) is 5.75 Å². The number of hydrogen-bond donors (Lipinski definition) is 1. The molecule has 2 rings (SSSR count). The highest BCUT2D eigenvalue weighted by atomic mass is 35.5. The molecule has 0 atom stereocenters. The maximum Gasteiger partial charge on any atom is 0.123 e. The molecule has 1 aromatic carbocycles. The SMILES string of the molecule is COc1ccc(Cl)cc1CN(C)CC1CCN(CCO)CC1. The van der Waals surface area contributed by atoms with Gasteiger partial charge in [-0.3, -0.25) is 0 Å². The van der Waals surface area contributed by atoms with Crippen LogP contribution in [0.1, 0.15) is 18.4 Å². The summed E-state index contributed by atoms with van der Waals surface area (Å²) < 4.78 is 5.42. The summed E-state index contributed by atoms with van der Waals surface area (Å²) in [6.07, 6.45) is 2.41. The monoisotopic (exact) mass is 326 g/mol. The summed E-state index contributed by atoms with van der Waals surface area (Å²) in [6.45, 7) is 5.20. The van der Waals surface area contributed by atoms with Gasteiger partial charge in [-0.2, -0.15) is 0 Å². The summed E-state index contributed by atoms with van der Waals surface area (Å²) in [5, 5.41) is 9.74. The fourth-order valence-electron chi connectivity index (χ4n) is 3.20. The molecule has 0 bridgehead atoms. The fraction of sp³-hybridized carbons (Fsp3) is 0.647. The Balaban J connectivity index is 1.83. The van der Waals surface area contributed by atoms with Gasteiger partial charge in [0.15, 0.2) is 0 Å². The molecule has 4 nitrogen and oxygen atoms in total. The van der Waals surface area contributed by atoms with E-state index in [9.17, 15) is 0 Å². The predicted molar refractivity (Wildman–Crippen MR) is 90.6 cm³/mol. The van der Waals surface area contributed by atoms with Crippen molar-refractivity contribution in [2.24, 2.45) is 5.92 Å². The Morgan fingerprint density at radius 1 is 1.36 bits per heavy atom. The molecule has 1 aliphatic heterocycles. The van der Waals surface area contributed by atoms with Gasteiger partial charge in [-0.05, 0) is 57.1 Å². The van der Waals surface area contributed by atoms with E-state index in [0.29, 0.717) is 0 Å². The van der Waals surface area contributed by atoms with Gasteiger partial charge in [0.1, 0.15) is 5.75 Å². The van der Waals surface area contributed by atoms with E-state index in [2.05, 4.69) is 16.8 Å². The molecule has 1 saturated heterocycles. The number of aliphatic hydroxyl groups is 1. The zero-order chi connectivity index (χ0) is 15.9. The summed E-state index contributed by atoms with van der Waals surface area (Å²) in [6, 6.07) is 5.78. The van der Waals surface area contributed by atoms with Gasteiger partial charge < -0.3 is 19.6 Å². The largest absolute Gasteiger partial charge is 0.496 e. The third-order valence-corrected chi connectivity index (χ3v) is 4.61. The van der Waals surface area contributed by atoms with Crippen LogP contribution in [-0.2, 0) is 6.54 Å². The number of hydrogen-bond acceptors (Lipinski definition) is 4. The van der Waals surface area contributed by atoms with Gasteiger partial charge in [0.05, 0.1) is 13.7 Å². The van der Waals surface area contributed by atoms with Gasteiger partial charge in [0.2, 0.25) is 0 Å². The minimum atomic E-state index is 0.263. The number of rotatable bonds is 7. The van der Waals surface area contributed by atoms with Crippen molar-refractivity contribution < 1.29 is 9.84 Å². The van der Waals surface area contributed by atoms with E-state index >= 15 is 0 Å². The Morgan fingerprint density at radius 3 is 2.73 bits per heavy atom. The molecule has 5 heteroatoms. The molecule has 22 heavy (non-hydrogen) atoms. The third kappa shape index (κ3) is 5.13. The van der Waals surface area contributed by atoms with Gasteiger partial charge in [-0.1, -0.05) is 11.6 Å². The van der Waals surface area contributed by atoms with Crippen LogP contribution >= 0.6 is 11.6 Å². The molecular weight excluding hydrogens is 300 g/mol. The number of nitrogens with zero attached hydrogens (tertiary/aromatic N) is 2. The van der Waals surface area contributed by atoms with E-state index in [-0.39, 0.29) is 6.61 Å². The first-order chi connectivity index (χ1) is 10.6. The molecule has 124 valence electrons. The van der Waals surface area contributed by atoms with Crippen LogP contribution in [0.4, 0.5) is 0 Å². The molecule has 1 aliphatic rings. The first-order valence-corrected chi connectivity index (χ1v) is 8.34. The van der Waals surface area contributed by atoms with Gasteiger partial charge in [0.25, 0.3) is 0 Å². The van der Waals surface area contributed by atoms with E-state index in [1.165, 1.54) is 12.8 Å². The van der Waals surface area contributed by atoms with E-state index in [1.807, 2.05) is 18.2 Å². The van der Waals surface area contributed by atoms with E-state index < -0.39 is 0 Å². The summed E-state index contributed by atoms with van der Waals surface area (Å²) >= 11 is 6.09. The van der Waals surface area contributed by atoms with Crippen molar-refractivity contribution in [3.05, 3.63) is 28.8 Å². The first-order valence-electron chi connectivity index (χ1n) is 7.96. The highest BCUT2D eigenvalue weighted by Crippen LogP contribution is 2.25. The van der Waals surface area contributed by atoms with Crippen molar-refractivity contribution in [3.63, 3.8) is 0 Å². The minimum absolute atomic E-state index is 0.263. The van der Waals surface area contributed by atoms with Crippen LogP contribution in [0.3, 0.4) is 0 Å². The van der Waals surface area contributed by atoms with Crippen molar-refractivity contribution in [1.29, 1.82) is 0 Å². The molecule has 0 spiro atoms. The number of piperidine rings is 1. The van der Waals surface area contributed by atoms with Crippen molar-refractivity contribution in [3.8, 4) is 5.75 Å². The number of halogens is 1. The minimum Gasteiger partial charge on any atom is -0.496 e. The topological polar surface area (TPSA) is 35.9 Å². The molecular formula is C17H27ClN2O2. The van der Waals surface area contributed by atoms with Crippen LogP contribution in [-0.4, -0.2) is 61.8 Å². The molecule has 0 aliphatic carbocycles. The maximum absolute atomic E-state index is 8.99. The molecule has 1 aromatic rings. The zero-order valence-electron chi connectivity index (χ0n) is 13.6. The number of aliphatic hydroxyl groups excluding tert-OH is 1. The molecule has 0 aromatic heterocycles. The van der Waals surface area contributed by atoms with Crippen molar-refractivity contribution in [1.82, 2.24) is 9.80 Å². The second-order valence-corrected chi connectivity index (χ2v) is 6.60. The maximum atomic E-state index is 8.99. The van der Waals surface area contributed by atoms with Crippen LogP contribution in [0.25, 0.3) is 0 Å². The molecule has 1 heterocycles. The summed E-state index contributed by atoms with van der Waals surface area (Å²) in [7, 11) is 3.85. The Bertz CT molecular complexity index is 462. The lowest BCUT2D eigenvalue weighted by Gasteiger charge is -2.33. The lowest BCUT2D eigenvalue weighted by atomic mass is 9.96. The number of benzene rings is 1. The number of β-amino-alcohol motifs (C(OH)–C–C–N with tert-alkyl or cyclic N) is 1. The fourth-order valence-corrected chi connectivity index (χ4v) is 3.40. The van der Waals surface area contributed by atoms with E-state index in [1.54, 1.807) is 7.11 Å². The lowest BCUT2D eigenvalue weighted by Crippen LogP contribution is -2.38. The predicted octanol–water partition coefficient (Wildman–Crippen LogP) is 2.48. The average Bonchev–Trinajstić information content (AvgIpc) is 2.50. The summed E-state index contributed by atoms with van der Waals surface area (Å²) in [5.41, 5.74) is 1.13. The van der Waals surface area contributed by atoms with Crippen molar-refractivity contribution in [2.45, 2.75) is 19.4 Å². The van der Waals surface area contributed by atoms with Gasteiger partial charge in [-0.15, -0.1) is 0 Å². The van der Waals surface area contributed by atoms with Gasteiger partial charge in [0, 0.05) is 30.2 Å². The molecule has 0 radical (unpaired) electrons. The number of methoxy groups -OCH3 is 1. The smallest absolute Gasteiger partial charge is 0.123 e. The Morgan fingerprint density at radius 2 is 2.09 bits per heavy atom. The normalized spacial score (nSPS) is 17.1. The summed E-state index contributed by atoms with van der Waals surface area (Å²) in [4.78, 5) is 4.69. The Hall–Kier alpha value is -0.810. The molecule has 0 amide bonds. The Labute approximate surface area is 138 Å². The quantitative estimate of drug-likeness (QED) is 0.835. The Kier molecular flexibility index (Phi) is 6.96. The van der Waals surface area contributed by atoms with Gasteiger partial charge >= 0.3 is 0 Å². The van der Waals surface area contributed by atoms with Crippen LogP contribution in [0.15, 0.2) is 18.2 Å². The highest BCUT2D eigenvalue weighted by molar-refractivity contribution is 6.30. The van der Waals surface area contributed by atoms with Crippen molar-refractivity contribution in [2.75, 3.05) is 46.9 Å². The van der Waals surface area contributed by atoms with E-state index in [0.717, 1.165) is 55.0 Å². The average molecular weight is 327 g/mol. The summed E-state index contributed by atoms with van der Waals surface area (Å²) in [5.74, 6) is 1.62. The molecule has 1 N–H and O–H groups in total. The van der Waals surface area contributed by atoms with Crippen molar-refractivity contribution >= 4 is 11.6 Å². The first kappa shape index (κ1) is 17.5. The van der Waals surface area contributed by atoms with Gasteiger partial charge in [-0.25, -0.2) is 0 Å². The molecule has 0 unspecified atom stereocenters. The second kappa shape index (κ2) is 8.73. The zero-order valence-corrected chi connectivity index (χ0v) is 14.4. The van der Waals surface area contributed by atoms with Crippen LogP contribution in [0.2, 0.25) is 5.02 Å². The number of ether oxygens (including phenoxy) is 1. The standard InChI is InChI=1S/C17H27ClN2O2/c1-19(12-14-5-7-20(8-6-14)9-10-21)13-15-11-16(18)3-4-17(15)22-2/h3-4,11,14,21H,5-10,12-13H2,1-2H3. The second-order valence-electron chi connectivity index (χ2n) is 6.16. The molecule has 0 saturated carbocycles. The van der Waals surface area contributed by atoms with E-state index in [4.69, 9.17) is 21.4 Å². The highest BCUT2D eigenvalue weighted by Gasteiger charge is 2.20. The lowest BCUT2D eigenvalue weighted by molar-refractivity contribution is 0.129. The molecule has 1 fully saturated rings. The van der Waals surface area contributed by atoms with Crippen LogP contribution < -0.4 is 4.74 Å².